The lowest BCUT2D eigenvalue weighted by molar-refractivity contribution is 0.453. The zero-order valence-corrected chi connectivity index (χ0v) is 34.3. The smallest absolute Gasteiger partial charge is 0.132 e. The van der Waals surface area contributed by atoms with E-state index in [0.29, 0.717) is 53.9 Å². The number of nitrogens with one attached hydrogen (secondary N) is 2. The first kappa shape index (κ1) is 38.1. The van der Waals surface area contributed by atoms with Gasteiger partial charge < -0.3 is 30.4 Å². The van der Waals surface area contributed by atoms with Crippen LogP contribution in [0.3, 0.4) is 0 Å². The third-order valence-corrected chi connectivity index (χ3v) is 11.2. The van der Waals surface area contributed by atoms with Gasteiger partial charge in [-0.05, 0) is 132 Å². The average Bonchev–Trinajstić information content (AvgIpc) is 4.04. The molecular weight excluding hydrogens is 749 g/mol. The lowest BCUT2D eigenvalue weighted by Crippen LogP contribution is -2.34. The summed E-state index contributed by atoms with van der Waals surface area (Å²) >= 11 is 0. The number of quaternary nitrogens is 2. The van der Waals surface area contributed by atoms with Gasteiger partial charge in [0.1, 0.15) is 34.4 Å². The summed E-state index contributed by atoms with van der Waals surface area (Å²) < 4.78 is 1.28. The number of aromatic hydroxyl groups is 4. The Balaban J connectivity index is 1.47. The van der Waals surface area contributed by atoms with Gasteiger partial charge in [0.2, 0.25) is 0 Å². The maximum Gasteiger partial charge on any atom is 0.132 e. The molecule has 0 amide bonds. The third-order valence-electron chi connectivity index (χ3n) is 11.2. The summed E-state index contributed by atoms with van der Waals surface area (Å²) in [5.74, 6) is -0.362. The maximum atomic E-state index is 11.4. The van der Waals surface area contributed by atoms with Crippen LogP contribution in [0.1, 0.15) is 22.8 Å². The van der Waals surface area contributed by atoms with Crippen molar-refractivity contribution in [3.8, 4) is 67.5 Å². The Labute approximate surface area is 347 Å². The van der Waals surface area contributed by atoms with Crippen molar-refractivity contribution in [2.24, 2.45) is 0 Å². The summed E-state index contributed by atoms with van der Waals surface area (Å²) in [6.07, 6.45) is 7.68. The van der Waals surface area contributed by atoms with Gasteiger partial charge in [-0.25, -0.2) is 9.97 Å². The first-order valence-corrected chi connectivity index (χ1v) is 19.7. The number of phenolic OH excluding ortho intramolecular Hbond substituents is 4. The van der Waals surface area contributed by atoms with Crippen LogP contribution in [0.2, 0.25) is 0 Å². The second-order valence-corrected chi connectivity index (χ2v) is 17.0. The molecule has 0 aliphatic carbocycles. The number of aromatic amines is 2. The van der Waals surface area contributed by atoms with Crippen molar-refractivity contribution in [3.05, 3.63) is 132 Å². The highest BCUT2D eigenvalue weighted by Crippen LogP contribution is 2.45. The van der Waals surface area contributed by atoms with Gasteiger partial charge >= 0.3 is 0 Å². The Hall–Kier alpha value is -7.40. The number of rotatable bonds is 6. The van der Waals surface area contributed by atoms with Crippen LogP contribution in [-0.4, -0.2) is 82.6 Å². The van der Waals surface area contributed by atoms with Gasteiger partial charge in [0, 0.05) is 44.3 Å². The highest BCUT2D eigenvalue weighted by atomic mass is 16.3. The number of phenols is 4. The molecule has 60 heavy (non-hydrogen) atoms. The van der Waals surface area contributed by atoms with Gasteiger partial charge in [0.15, 0.2) is 0 Å². The molecule has 0 atom stereocenters. The van der Waals surface area contributed by atoms with E-state index in [0.717, 1.165) is 44.7 Å². The van der Waals surface area contributed by atoms with E-state index in [9.17, 15) is 20.4 Å². The molecule has 0 radical (unpaired) electrons. The summed E-state index contributed by atoms with van der Waals surface area (Å²) in [6, 6.07) is 33.9. The summed E-state index contributed by atoms with van der Waals surface area (Å²) in [7, 11) is 12.7. The molecule has 10 nitrogen and oxygen atoms in total. The molecule has 6 N–H and O–H groups in total. The van der Waals surface area contributed by atoms with E-state index in [2.05, 4.69) is 101 Å². The third kappa shape index (κ3) is 6.67. The molecule has 5 heterocycles. The molecule has 298 valence electrons. The van der Waals surface area contributed by atoms with Gasteiger partial charge in [-0.1, -0.05) is 12.1 Å². The standard InChI is InChI=1S/C50H44N6O4/c1-55(2,3)31-17-13-29(14-18-31)45-33-21-25-37(51-33)47(49-41(57)9-7-10-42(49)58)39-27-23-35(53-39)46(30-15-19-32(20-16-30)56(4,5)6)36-24-28-40(54-36)48(38-26-22-34(45)52-38)50-43(59)11-8-12-44(50)60/h7-28H,1-6H3,(H4-2,51,52,53,54,57,58,59,60)/p+2. The Morgan fingerprint density at radius 3 is 0.933 bits per heavy atom. The van der Waals surface area contributed by atoms with E-state index in [4.69, 9.17) is 9.97 Å². The topological polar surface area (TPSA) is 138 Å². The van der Waals surface area contributed by atoms with Crippen LogP contribution < -0.4 is 8.97 Å². The van der Waals surface area contributed by atoms with E-state index in [-0.39, 0.29) is 34.1 Å². The molecule has 7 aromatic rings. The maximum absolute atomic E-state index is 11.4. The van der Waals surface area contributed by atoms with E-state index in [1.807, 2.05) is 48.6 Å². The molecule has 0 saturated heterocycles. The predicted octanol–water partition coefficient (Wildman–Crippen LogP) is 10.5. The summed E-state index contributed by atoms with van der Waals surface area (Å²) in [6.45, 7) is 0. The number of aromatic nitrogens is 4. The molecule has 9 rings (SSSR count). The first-order chi connectivity index (χ1) is 28.7. The lowest BCUT2D eigenvalue weighted by atomic mass is 10.0. The quantitative estimate of drug-likeness (QED) is 0.0927. The van der Waals surface area contributed by atoms with Gasteiger partial charge in [0.05, 0.1) is 76.2 Å². The number of hydrogen-bond donors (Lipinski definition) is 6. The van der Waals surface area contributed by atoms with E-state index < -0.39 is 0 Å². The minimum absolute atomic E-state index is 0.0906. The number of nitrogens with zero attached hydrogens (tertiary/aromatic N) is 4. The normalized spacial score (nSPS) is 12.6. The monoisotopic (exact) mass is 794 g/mol. The molecule has 0 fully saturated rings. The van der Waals surface area contributed by atoms with E-state index in [1.165, 1.54) is 0 Å². The first-order valence-electron chi connectivity index (χ1n) is 19.7. The van der Waals surface area contributed by atoms with Crippen molar-refractivity contribution >= 4 is 57.7 Å². The van der Waals surface area contributed by atoms with Crippen molar-refractivity contribution in [3.63, 3.8) is 0 Å². The molecule has 2 aliphatic rings. The Kier molecular flexibility index (Phi) is 9.00. The molecular formula is C50H46N6O4+2. The van der Waals surface area contributed by atoms with Crippen molar-refractivity contribution in [1.29, 1.82) is 0 Å². The van der Waals surface area contributed by atoms with E-state index >= 15 is 0 Å². The molecule has 10 heteroatoms. The fraction of sp³-hybridized carbons (Fsp3) is 0.120. The summed E-state index contributed by atoms with van der Waals surface area (Å²) in [5, 5.41) is 45.4. The van der Waals surface area contributed by atoms with Crippen LogP contribution in [0, 0.1) is 0 Å². The lowest BCUT2D eigenvalue weighted by Gasteiger charge is -2.23. The summed E-state index contributed by atoms with van der Waals surface area (Å²) in [5.41, 5.74) is 12.2. The van der Waals surface area contributed by atoms with Crippen LogP contribution >= 0.6 is 0 Å². The Morgan fingerprint density at radius 2 is 0.633 bits per heavy atom. The van der Waals surface area contributed by atoms with Gasteiger partial charge in [0.25, 0.3) is 0 Å². The van der Waals surface area contributed by atoms with Crippen molar-refractivity contribution < 1.29 is 20.4 Å². The van der Waals surface area contributed by atoms with Crippen molar-refractivity contribution in [1.82, 2.24) is 28.9 Å². The Bertz CT molecular complexity index is 2840. The minimum Gasteiger partial charge on any atom is -0.507 e. The minimum atomic E-state index is -0.0906. The van der Waals surface area contributed by atoms with Crippen LogP contribution in [0.15, 0.2) is 109 Å². The average molecular weight is 795 g/mol. The van der Waals surface area contributed by atoms with Gasteiger partial charge in [-0.15, -0.1) is 0 Å². The van der Waals surface area contributed by atoms with Gasteiger partial charge in [-0.3, -0.25) is 8.97 Å². The van der Waals surface area contributed by atoms with Crippen LogP contribution in [-0.2, 0) is 0 Å². The molecule has 0 saturated carbocycles. The number of benzene rings is 4. The molecule has 3 aromatic heterocycles. The van der Waals surface area contributed by atoms with Gasteiger partial charge in [-0.2, -0.15) is 0 Å². The predicted molar refractivity (Wildman–Crippen MR) is 246 cm³/mol. The molecule has 0 unspecified atom stereocenters. The zero-order chi connectivity index (χ0) is 42.1. The van der Waals surface area contributed by atoms with Crippen molar-refractivity contribution in [2.45, 2.75) is 0 Å². The summed E-state index contributed by atoms with van der Waals surface area (Å²) in [4.78, 5) is 17.8. The Morgan fingerprint density at radius 1 is 0.350 bits per heavy atom. The number of H-pyrrole nitrogens is 2. The number of fused-ring (bicyclic) bond motifs is 8. The largest absolute Gasteiger partial charge is 0.507 e. The molecule has 8 bridgehead atoms. The molecule has 2 aliphatic heterocycles. The second-order valence-electron chi connectivity index (χ2n) is 17.0. The van der Waals surface area contributed by atoms with Crippen LogP contribution in [0.4, 0.5) is 11.4 Å². The molecule has 0 spiro atoms. The fourth-order valence-electron chi connectivity index (χ4n) is 8.06. The SMILES string of the molecule is C[N+](C)(C)c1ccc(-c2c3nc(c(-c4c(O)cccc4O)c4ccc([nH]4)c(-c4ccc([N+](C)(C)C)cc4)c4nc(c(-c5c(O)cccc5O)c5ccc2[nH]5)C=C4)C=C3)cc1. The second kappa shape index (κ2) is 14.2. The zero-order valence-electron chi connectivity index (χ0n) is 34.3. The van der Waals surface area contributed by atoms with Crippen LogP contribution in [0.25, 0.3) is 90.9 Å². The van der Waals surface area contributed by atoms with Crippen LogP contribution in [0.5, 0.6) is 23.0 Å². The van der Waals surface area contributed by atoms with E-state index in [1.54, 1.807) is 36.4 Å². The van der Waals surface area contributed by atoms with Crippen molar-refractivity contribution in [2.75, 3.05) is 42.3 Å². The highest BCUT2D eigenvalue weighted by molar-refractivity contribution is 6.02. The number of hydrogen-bond acceptors (Lipinski definition) is 6. The highest BCUT2D eigenvalue weighted by Gasteiger charge is 2.24. The molecule has 4 aromatic carbocycles. The fourth-order valence-corrected chi connectivity index (χ4v) is 8.06.